The summed E-state index contributed by atoms with van der Waals surface area (Å²) in [6.45, 7) is 6.42. The Labute approximate surface area is 110 Å². The summed E-state index contributed by atoms with van der Waals surface area (Å²) >= 11 is 0. The van der Waals surface area contributed by atoms with Gasteiger partial charge in [0.1, 0.15) is 12.3 Å². The molecule has 19 heavy (non-hydrogen) atoms. The molecule has 0 aliphatic rings. The van der Waals surface area contributed by atoms with Gasteiger partial charge in [0.05, 0.1) is 0 Å². The molecule has 1 aromatic carbocycles. The third-order valence-electron chi connectivity index (χ3n) is 2.04. The van der Waals surface area contributed by atoms with Crippen LogP contribution in [0.1, 0.15) is 5.56 Å². The fourth-order valence-corrected chi connectivity index (χ4v) is 1.13. The molecule has 98 valence electrons. The predicted molar refractivity (Wildman–Crippen MR) is 70.4 cm³/mol. The molecule has 0 saturated heterocycles. The van der Waals surface area contributed by atoms with Crippen LogP contribution >= 0.6 is 0 Å². The van der Waals surface area contributed by atoms with E-state index in [1.165, 1.54) is 0 Å². The number of esters is 1. The summed E-state index contributed by atoms with van der Waals surface area (Å²) in [7, 11) is 0. The summed E-state index contributed by atoms with van der Waals surface area (Å²) in [5.74, 6) is -1.28. The van der Waals surface area contributed by atoms with Crippen molar-refractivity contribution in [1.29, 1.82) is 0 Å². The number of ether oxygens (including phenoxy) is 1. The molecule has 0 amide bonds. The molecule has 0 aliphatic carbocycles. The number of hydrogen-bond donors (Lipinski definition) is 0. The first-order valence-corrected chi connectivity index (χ1v) is 5.42. The zero-order valence-corrected chi connectivity index (χ0v) is 10.2. The van der Waals surface area contributed by atoms with Crippen molar-refractivity contribution in [3.05, 3.63) is 61.2 Å². The predicted octanol–water partition coefficient (Wildman–Crippen LogP) is 1.85. The number of nitrogens with zero attached hydrogens (tertiary/aromatic N) is 1. The Bertz CT molecular complexity index is 505. The van der Waals surface area contributed by atoms with Crippen LogP contribution in [-0.4, -0.2) is 24.3 Å². The topological polar surface area (TPSA) is 65.0 Å². The molecule has 0 radical (unpaired) electrons. The van der Waals surface area contributed by atoms with Crippen molar-refractivity contribution < 1.29 is 19.2 Å². The van der Waals surface area contributed by atoms with Crippen molar-refractivity contribution in [2.75, 3.05) is 6.61 Å². The second-order valence-electron chi connectivity index (χ2n) is 3.33. The standard InChI is InChI=1S/C14H13NO4/c1-3-13(16)18-10-12(15-19-14(17)4-2)11-8-6-5-7-9-11/h3-9H,1-2,10H2. The van der Waals surface area contributed by atoms with Crippen LogP contribution in [0.25, 0.3) is 0 Å². The second-order valence-corrected chi connectivity index (χ2v) is 3.33. The first kappa shape index (κ1) is 14.4. The van der Waals surface area contributed by atoms with Gasteiger partial charge >= 0.3 is 11.9 Å². The summed E-state index contributed by atoms with van der Waals surface area (Å²) in [6, 6.07) is 8.91. The molecule has 0 unspecified atom stereocenters. The highest BCUT2D eigenvalue weighted by Crippen LogP contribution is 2.03. The third-order valence-corrected chi connectivity index (χ3v) is 2.04. The van der Waals surface area contributed by atoms with Gasteiger partial charge in [-0.25, -0.2) is 9.59 Å². The molecule has 0 spiro atoms. The zero-order chi connectivity index (χ0) is 14.1. The van der Waals surface area contributed by atoms with Crippen molar-refractivity contribution in [2.45, 2.75) is 0 Å². The smallest absolute Gasteiger partial charge is 0.358 e. The van der Waals surface area contributed by atoms with E-state index in [4.69, 9.17) is 4.74 Å². The van der Waals surface area contributed by atoms with Gasteiger partial charge in [-0.2, -0.15) is 0 Å². The quantitative estimate of drug-likeness (QED) is 0.257. The highest BCUT2D eigenvalue weighted by molar-refractivity contribution is 6.02. The van der Waals surface area contributed by atoms with Gasteiger partial charge in [-0.15, -0.1) is 0 Å². The second kappa shape index (κ2) is 7.60. The lowest BCUT2D eigenvalue weighted by Crippen LogP contribution is -2.14. The lowest BCUT2D eigenvalue weighted by atomic mass is 10.1. The van der Waals surface area contributed by atoms with Gasteiger partial charge in [-0.3, -0.25) is 0 Å². The maximum absolute atomic E-state index is 11.0. The molecule has 1 rings (SSSR count). The van der Waals surface area contributed by atoms with Gasteiger partial charge in [0.25, 0.3) is 0 Å². The number of carbonyl (C=O) groups excluding carboxylic acids is 2. The minimum atomic E-state index is -0.691. The number of rotatable bonds is 6. The fourth-order valence-electron chi connectivity index (χ4n) is 1.13. The first-order valence-electron chi connectivity index (χ1n) is 5.42. The normalized spacial score (nSPS) is 10.4. The van der Waals surface area contributed by atoms with E-state index in [1.54, 1.807) is 24.3 Å². The summed E-state index contributed by atoms with van der Waals surface area (Å²) in [4.78, 5) is 26.6. The van der Waals surface area contributed by atoms with Crippen LogP contribution in [0.5, 0.6) is 0 Å². The van der Waals surface area contributed by atoms with Gasteiger partial charge in [0, 0.05) is 17.7 Å². The van der Waals surface area contributed by atoms with E-state index in [0.717, 1.165) is 12.2 Å². The minimum absolute atomic E-state index is 0.126. The summed E-state index contributed by atoms with van der Waals surface area (Å²) in [6.07, 6.45) is 2.03. The largest absolute Gasteiger partial charge is 0.456 e. The van der Waals surface area contributed by atoms with Crippen molar-refractivity contribution in [3.8, 4) is 0 Å². The van der Waals surface area contributed by atoms with E-state index in [9.17, 15) is 9.59 Å². The van der Waals surface area contributed by atoms with E-state index < -0.39 is 11.9 Å². The number of carbonyl (C=O) groups is 2. The van der Waals surface area contributed by atoms with Crippen LogP contribution in [-0.2, 0) is 19.2 Å². The lowest BCUT2D eigenvalue weighted by molar-refractivity contribution is -0.137. The molecule has 0 N–H and O–H groups in total. The molecule has 5 nitrogen and oxygen atoms in total. The molecule has 0 aliphatic heterocycles. The highest BCUT2D eigenvalue weighted by atomic mass is 16.7. The van der Waals surface area contributed by atoms with Crippen molar-refractivity contribution in [3.63, 3.8) is 0 Å². The Morgan fingerprint density at radius 1 is 1.11 bits per heavy atom. The molecule has 0 fully saturated rings. The van der Waals surface area contributed by atoms with E-state index in [0.29, 0.717) is 11.3 Å². The van der Waals surface area contributed by atoms with Gasteiger partial charge in [0.15, 0.2) is 0 Å². The number of hydrogen-bond acceptors (Lipinski definition) is 5. The van der Waals surface area contributed by atoms with Gasteiger partial charge in [0.2, 0.25) is 0 Å². The average Bonchev–Trinajstić information content (AvgIpc) is 2.47. The first-order chi connectivity index (χ1) is 9.17. The Kier molecular flexibility index (Phi) is 5.75. The van der Waals surface area contributed by atoms with Crippen LogP contribution in [0.15, 0.2) is 60.8 Å². The molecule has 0 bridgehead atoms. The minimum Gasteiger partial charge on any atom is -0.456 e. The zero-order valence-electron chi connectivity index (χ0n) is 10.2. The third kappa shape index (κ3) is 4.99. The van der Waals surface area contributed by atoms with E-state index in [-0.39, 0.29) is 6.61 Å². The van der Waals surface area contributed by atoms with Gasteiger partial charge < -0.3 is 9.57 Å². The van der Waals surface area contributed by atoms with Crippen LogP contribution in [0.4, 0.5) is 0 Å². The Hall–Kier alpha value is -2.69. The summed E-state index contributed by atoms with van der Waals surface area (Å²) in [5, 5.41) is 3.66. The SMILES string of the molecule is C=CC(=O)OCC(=NOC(=O)C=C)c1ccccc1. The van der Waals surface area contributed by atoms with Crippen molar-refractivity contribution in [2.24, 2.45) is 5.16 Å². The van der Waals surface area contributed by atoms with E-state index >= 15 is 0 Å². The van der Waals surface area contributed by atoms with Crippen molar-refractivity contribution in [1.82, 2.24) is 0 Å². The summed E-state index contributed by atoms with van der Waals surface area (Å²) in [5.41, 5.74) is 0.988. The molecular weight excluding hydrogens is 246 g/mol. The Morgan fingerprint density at radius 2 is 1.74 bits per heavy atom. The van der Waals surface area contributed by atoms with Crippen LogP contribution < -0.4 is 0 Å². The molecule has 5 heteroatoms. The maximum atomic E-state index is 11.0. The summed E-state index contributed by atoms with van der Waals surface area (Å²) < 4.78 is 4.87. The van der Waals surface area contributed by atoms with Gasteiger partial charge in [-0.1, -0.05) is 48.6 Å². The maximum Gasteiger partial charge on any atom is 0.358 e. The molecule has 0 aromatic heterocycles. The molecule has 0 saturated carbocycles. The van der Waals surface area contributed by atoms with Gasteiger partial charge in [-0.05, 0) is 0 Å². The van der Waals surface area contributed by atoms with E-state index in [2.05, 4.69) is 23.2 Å². The molecule has 1 aromatic rings. The van der Waals surface area contributed by atoms with Crippen molar-refractivity contribution >= 4 is 17.7 Å². The molecule has 0 atom stereocenters. The van der Waals surface area contributed by atoms with Crippen LogP contribution in [0.3, 0.4) is 0 Å². The molecule has 0 heterocycles. The number of oxime groups is 1. The highest BCUT2D eigenvalue weighted by Gasteiger charge is 2.08. The Balaban J connectivity index is 2.84. The van der Waals surface area contributed by atoms with Crippen LogP contribution in [0.2, 0.25) is 0 Å². The van der Waals surface area contributed by atoms with Crippen LogP contribution in [0, 0.1) is 0 Å². The van der Waals surface area contributed by atoms with E-state index in [1.807, 2.05) is 6.07 Å². The lowest BCUT2D eigenvalue weighted by Gasteiger charge is -2.06. The monoisotopic (exact) mass is 259 g/mol. The molecular formula is C14H13NO4. The Morgan fingerprint density at radius 3 is 2.32 bits per heavy atom. The average molecular weight is 259 g/mol. The fraction of sp³-hybridized carbons (Fsp3) is 0.0714. The number of benzene rings is 1.